The third-order valence-electron chi connectivity index (χ3n) is 23.9. The van der Waals surface area contributed by atoms with Gasteiger partial charge in [-0.2, -0.15) is 0 Å². The predicted octanol–water partition coefficient (Wildman–Crippen LogP) is 28.7. The molecule has 9 aromatic heterocycles. The van der Waals surface area contributed by atoms with E-state index in [0.29, 0.717) is 0 Å². The van der Waals surface area contributed by atoms with Gasteiger partial charge in [-0.3, -0.25) is 28.2 Å². The number of hydrogen-bond acceptors (Lipinski definition) is 6. The fourth-order valence-electron chi connectivity index (χ4n) is 18.1. The number of rotatable bonds is 9. The molecule has 121 heavy (non-hydrogen) atoms. The molecule has 0 saturated heterocycles. The Kier molecular flexibility index (Phi) is 17.0. The van der Waals surface area contributed by atoms with E-state index < -0.39 is 0 Å². The van der Waals surface area contributed by atoms with Gasteiger partial charge in [-0.25, -0.2) is 15.0 Å². The highest BCUT2D eigenvalue weighted by molar-refractivity contribution is 6.28. The summed E-state index contributed by atoms with van der Waals surface area (Å²) < 4.78 is 6.62. The highest BCUT2D eigenvalue weighted by Crippen LogP contribution is 2.45. The molecule has 25 rings (SSSR count). The molecule has 0 aliphatic heterocycles. The third kappa shape index (κ3) is 12.4. The van der Waals surface area contributed by atoms with Crippen LogP contribution in [0.3, 0.4) is 0 Å². The topological polar surface area (TPSA) is 90.6 Å². The molecule has 0 unspecified atom stereocenters. The molecule has 0 N–H and O–H groups in total. The van der Waals surface area contributed by atoms with Crippen molar-refractivity contribution in [3.63, 3.8) is 0 Å². The van der Waals surface area contributed by atoms with Crippen molar-refractivity contribution in [2.24, 2.45) is 0 Å². The molecule has 0 saturated carbocycles. The average molecular weight is 1540 g/mol. The van der Waals surface area contributed by atoms with E-state index in [4.69, 9.17) is 15.0 Å². The number of nitrogens with zero attached hydrogens (tertiary/aromatic N) is 9. The highest BCUT2D eigenvalue weighted by Gasteiger charge is 2.22. The Labute approximate surface area is 696 Å². The van der Waals surface area contributed by atoms with Crippen molar-refractivity contribution >= 4 is 125 Å². The summed E-state index contributed by atoms with van der Waals surface area (Å²) in [5.41, 5.74) is 30.1. The Bertz CT molecular complexity index is 8350. The van der Waals surface area contributed by atoms with Gasteiger partial charge in [0.2, 0.25) is 0 Å². The molecule has 0 amide bonds. The van der Waals surface area contributed by atoms with Gasteiger partial charge in [0.15, 0.2) is 0 Å². The highest BCUT2D eigenvalue weighted by atomic mass is 15.0. The molecule has 0 aliphatic carbocycles. The van der Waals surface area contributed by atoms with E-state index in [-0.39, 0.29) is 0 Å². The molecule has 0 spiro atoms. The summed E-state index contributed by atoms with van der Waals surface area (Å²) in [5.74, 6) is 0. The van der Waals surface area contributed by atoms with Gasteiger partial charge < -0.3 is 0 Å². The van der Waals surface area contributed by atoms with Crippen molar-refractivity contribution in [1.29, 1.82) is 0 Å². The SMILES string of the molecule is c1ccc(-c2ccc(-c3ccc4c(c3)c3cc(-c5ccccn5)ccc3c3nc5ccccn5c43)cc2)cc1.c1ccc(-c2ccc3c(c2)c2cc(-c4ccc(-c5cccc6ccccc56)cc4)ccc2c2c3nc3ccccn32)nc1.c1ccc(-c2cccc(-c3ccc4c(c3)c3cc(-c5ccccn5)ccc3c3nc5ccccn5c43)c2)cc1. The molecular weight excluding hydrogens is 1470 g/mol. The lowest BCUT2D eigenvalue weighted by Crippen LogP contribution is -1.89. The molecule has 25 aromatic rings. The van der Waals surface area contributed by atoms with Crippen LogP contribution in [0.25, 0.3) is 226 Å². The normalized spacial score (nSPS) is 11.6. The molecular formula is C112H71N9. The zero-order valence-corrected chi connectivity index (χ0v) is 65.5. The number of hydrogen-bond donors (Lipinski definition) is 0. The molecule has 0 aliphatic rings. The number of benzene rings is 16. The van der Waals surface area contributed by atoms with E-state index in [1.807, 2.05) is 73.2 Å². The summed E-state index contributed by atoms with van der Waals surface area (Å²) in [6.07, 6.45) is 11.9. The first kappa shape index (κ1) is 70.1. The Morgan fingerprint density at radius 2 is 0.446 bits per heavy atom. The van der Waals surface area contributed by atoms with Gasteiger partial charge in [-0.05, 0) is 225 Å². The van der Waals surface area contributed by atoms with Gasteiger partial charge in [0.05, 0.1) is 50.2 Å². The molecule has 0 radical (unpaired) electrons. The van der Waals surface area contributed by atoms with E-state index >= 15 is 0 Å². The first-order chi connectivity index (χ1) is 60.0. The van der Waals surface area contributed by atoms with Crippen LogP contribution in [0.2, 0.25) is 0 Å². The minimum Gasteiger partial charge on any atom is -0.299 e. The number of fused-ring (bicyclic) bond motifs is 25. The van der Waals surface area contributed by atoms with Crippen molar-refractivity contribution in [2.45, 2.75) is 0 Å². The monoisotopic (exact) mass is 1540 g/mol. The van der Waals surface area contributed by atoms with Crippen LogP contribution in [0.5, 0.6) is 0 Å². The quantitative estimate of drug-likeness (QED) is 0.134. The maximum Gasteiger partial charge on any atom is 0.137 e. The average Bonchev–Trinajstić information content (AvgIpc) is 1.60. The lowest BCUT2D eigenvalue weighted by Gasteiger charge is -2.12. The number of pyridine rings is 6. The summed E-state index contributed by atoms with van der Waals surface area (Å²) in [5, 5.41) is 16.7. The minimum absolute atomic E-state index is 0.952. The van der Waals surface area contributed by atoms with Crippen LogP contribution in [-0.4, -0.2) is 43.1 Å². The molecule has 564 valence electrons. The first-order valence-electron chi connectivity index (χ1n) is 40.9. The van der Waals surface area contributed by atoms with Gasteiger partial charge in [0.1, 0.15) is 16.9 Å². The second-order valence-electron chi connectivity index (χ2n) is 30.9. The smallest absolute Gasteiger partial charge is 0.137 e. The fourth-order valence-corrected chi connectivity index (χ4v) is 18.1. The van der Waals surface area contributed by atoms with Crippen LogP contribution in [0, 0.1) is 0 Å². The van der Waals surface area contributed by atoms with Crippen LogP contribution in [0.15, 0.2) is 431 Å². The summed E-state index contributed by atoms with van der Waals surface area (Å²) in [6, 6.07) is 140. The fraction of sp³-hybridized carbons (Fsp3) is 0. The van der Waals surface area contributed by atoms with Crippen molar-refractivity contribution < 1.29 is 0 Å². The van der Waals surface area contributed by atoms with Crippen LogP contribution in [0.1, 0.15) is 0 Å². The zero-order chi connectivity index (χ0) is 79.9. The third-order valence-corrected chi connectivity index (χ3v) is 23.9. The van der Waals surface area contributed by atoms with E-state index in [0.717, 1.165) is 100.0 Å². The lowest BCUT2D eigenvalue weighted by atomic mass is 9.93. The molecule has 9 nitrogen and oxygen atoms in total. The van der Waals surface area contributed by atoms with Crippen LogP contribution < -0.4 is 0 Å². The van der Waals surface area contributed by atoms with E-state index in [1.54, 1.807) is 0 Å². The van der Waals surface area contributed by atoms with Crippen molar-refractivity contribution in [2.75, 3.05) is 0 Å². The Balaban J connectivity index is 0.000000106. The summed E-state index contributed by atoms with van der Waals surface area (Å²) >= 11 is 0. The van der Waals surface area contributed by atoms with Gasteiger partial charge in [-0.15, -0.1) is 0 Å². The summed E-state index contributed by atoms with van der Waals surface area (Å²) in [7, 11) is 0. The standard InChI is InChI=1S/C40H25N3.2C36H23N3/c1-2-10-31-27(8-1)9-7-11-32(31)28-16-14-26(15-17-28)29-18-21-34-36(24-29)35-25-30(37-12-3-5-22-41-37)19-20-33(35)39-40(34)43-23-6-4-13-38(43)42-39;1-2-9-24(10-3-1)25-11-8-12-26(21-25)27-15-18-30-32(22-27)31-23-28(33-13-4-6-19-37-33)16-17-29(31)35-36(30)39-20-7-5-14-34(39)38-35;1-2-8-24(9-3-1)25-12-14-26(15-13-25)27-16-19-30-32(22-27)31-23-28(33-10-4-6-20-37-33)17-18-29(31)35-36(30)39-21-7-5-11-34(39)38-35/h1-25H;2*1-23H. The van der Waals surface area contributed by atoms with Crippen LogP contribution in [-0.2, 0) is 0 Å². The van der Waals surface area contributed by atoms with Gasteiger partial charge >= 0.3 is 0 Å². The molecule has 9 heteroatoms. The van der Waals surface area contributed by atoms with Crippen molar-refractivity contribution in [1.82, 2.24) is 43.1 Å². The van der Waals surface area contributed by atoms with E-state index in [1.165, 1.54) is 126 Å². The van der Waals surface area contributed by atoms with E-state index in [9.17, 15) is 0 Å². The second kappa shape index (κ2) is 29.4. The maximum absolute atomic E-state index is 5.08. The zero-order valence-electron chi connectivity index (χ0n) is 65.5. The predicted molar refractivity (Wildman–Crippen MR) is 503 cm³/mol. The van der Waals surface area contributed by atoms with Crippen LogP contribution >= 0.6 is 0 Å². The molecule has 0 atom stereocenters. The first-order valence-corrected chi connectivity index (χ1v) is 40.9. The number of aromatic nitrogens is 9. The summed E-state index contributed by atoms with van der Waals surface area (Å²) in [4.78, 5) is 29.1. The Morgan fingerprint density at radius 1 is 0.165 bits per heavy atom. The molecule has 0 fully saturated rings. The van der Waals surface area contributed by atoms with Gasteiger partial charge in [0.25, 0.3) is 0 Å². The minimum atomic E-state index is 0.952. The molecule has 9 heterocycles. The van der Waals surface area contributed by atoms with Crippen molar-refractivity contribution in [3.05, 3.63) is 431 Å². The van der Waals surface area contributed by atoms with Crippen molar-refractivity contribution in [3.8, 4) is 101 Å². The molecule has 0 bridgehead atoms. The Hall–Kier alpha value is -16.4. The lowest BCUT2D eigenvalue weighted by molar-refractivity contribution is 1.23. The maximum atomic E-state index is 5.08. The van der Waals surface area contributed by atoms with Gasteiger partial charge in [0, 0.05) is 86.2 Å². The second-order valence-corrected chi connectivity index (χ2v) is 30.9. The summed E-state index contributed by atoms with van der Waals surface area (Å²) in [6.45, 7) is 0. The van der Waals surface area contributed by atoms with E-state index in [2.05, 4.69) is 386 Å². The Morgan fingerprint density at radius 3 is 0.868 bits per heavy atom. The molecule has 16 aromatic carbocycles. The van der Waals surface area contributed by atoms with Gasteiger partial charge in [-0.1, -0.05) is 279 Å². The number of imidazole rings is 3. The van der Waals surface area contributed by atoms with Crippen LogP contribution in [0.4, 0.5) is 0 Å². The largest absolute Gasteiger partial charge is 0.299 e.